The van der Waals surface area contributed by atoms with Crippen molar-refractivity contribution in [3.63, 3.8) is 0 Å². The van der Waals surface area contributed by atoms with Crippen molar-refractivity contribution in [2.24, 2.45) is 11.3 Å². The van der Waals surface area contributed by atoms with Crippen molar-refractivity contribution >= 4 is 11.9 Å². The molecule has 0 radical (unpaired) electrons. The summed E-state index contributed by atoms with van der Waals surface area (Å²) in [6.07, 6.45) is 1.95. The van der Waals surface area contributed by atoms with Crippen LogP contribution in [0.4, 0.5) is 4.79 Å². The molecule has 96 valence electrons. The number of hydrogen-bond acceptors (Lipinski definition) is 2. The van der Waals surface area contributed by atoms with E-state index in [4.69, 9.17) is 0 Å². The molecule has 4 heteroatoms. The molecule has 0 aromatic rings. The molecule has 0 aromatic carbocycles. The van der Waals surface area contributed by atoms with E-state index in [1.54, 1.807) is 4.90 Å². The van der Waals surface area contributed by atoms with E-state index >= 15 is 0 Å². The van der Waals surface area contributed by atoms with Gasteiger partial charge in [0.05, 0.1) is 0 Å². The van der Waals surface area contributed by atoms with E-state index in [1.165, 1.54) is 0 Å². The van der Waals surface area contributed by atoms with Crippen LogP contribution in [0.15, 0.2) is 0 Å². The lowest BCUT2D eigenvalue weighted by molar-refractivity contribution is -0.122. The summed E-state index contributed by atoms with van der Waals surface area (Å²) >= 11 is 0. The number of amides is 1. The van der Waals surface area contributed by atoms with Gasteiger partial charge in [0.1, 0.15) is 5.78 Å². The quantitative estimate of drug-likeness (QED) is 0.706. The molecule has 2 fully saturated rings. The van der Waals surface area contributed by atoms with Crippen molar-refractivity contribution in [2.45, 2.75) is 58.5 Å². The smallest absolute Gasteiger partial charge is 0.407 e. The number of rotatable bonds is 0. The number of carbonyl (C=O) groups excluding carboxylic acids is 1. The summed E-state index contributed by atoms with van der Waals surface area (Å²) in [4.78, 5) is 24.5. The van der Waals surface area contributed by atoms with Gasteiger partial charge in [-0.15, -0.1) is 0 Å². The van der Waals surface area contributed by atoms with Crippen molar-refractivity contribution in [3.8, 4) is 0 Å². The lowest BCUT2D eigenvalue weighted by Gasteiger charge is -2.36. The number of fused-ring (bicyclic) bond motifs is 1. The maximum Gasteiger partial charge on any atom is 0.407 e. The molecule has 1 N–H and O–H groups in total. The van der Waals surface area contributed by atoms with Gasteiger partial charge >= 0.3 is 6.09 Å². The van der Waals surface area contributed by atoms with Gasteiger partial charge < -0.3 is 10.0 Å². The Labute approximate surface area is 102 Å². The molecular weight excluding hydrogens is 218 g/mol. The first-order valence-electron chi connectivity index (χ1n) is 6.33. The summed E-state index contributed by atoms with van der Waals surface area (Å²) in [7, 11) is 0. The number of carboxylic acid groups (broad SMARTS) is 1. The molecule has 17 heavy (non-hydrogen) atoms. The lowest BCUT2D eigenvalue weighted by atomic mass is 9.80. The van der Waals surface area contributed by atoms with Crippen LogP contribution in [0.1, 0.15) is 46.5 Å². The molecule has 2 rings (SSSR count). The zero-order valence-electron chi connectivity index (χ0n) is 10.8. The largest absolute Gasteiger partial charge is 0.465 e. The van der Waals surface area contributed by atoms with Crippen LogP contribution in [-0.4, -0.2) is 34.0 Å². The third-order valence-corrected chi connectivity index (χ3v) is 4.21. The Morgan fingerprint density at radius 1 is 1.41 bits per heavy atom. The molecule has 1 saturated heterocycles. The van der Waals surface area contributed by atoms with E-state index in [1.807, 2.05) is 0 Å². The van der Waals surface area contributed by atoms with Crippen molar-refractivity contribution in [2.75, 3.05) is 0 Å². The number of ketones is 1. The molecule has 0 bridgehead atoms. The maximum absolute atomic E-state index is 11.5. The first-order valence-corrected chi connectivity index (χ1v) is 6.33. The molecular formula is C13H21NO3. The van der Waals surface area contributed by atoms with Crippen LogP contribution in [0.3, 0.4) is 0 Å². The van der Waals surface area contributed by atoms with E-state index in [-0.39, 0.29) is 23.3 Å². The second-order valence-electron chi connectivity index (χ2n) is 6.42. The van der Waals surface area contributed by atoms with E-state index in [0.717, 1.165) is 12.8 Å². The third kappa shape index (κ3) is 2.17. The van der Waals surface area contributed by atoms with Gasteiger partial charge in [0.25, 0.3) is 0 Å². The maximum atomic E-state index is 11.5. The molecule has 1 amide bonds. The van der Waals surface area contributed by atoms with Crippen LogP contribution >= 0.6 is 0 Å². The second kappa shape index (κ2) is 4.00. The van der Waals surface area contributed by atoms with Gasteiger partial charge in [0.15, 0.2) is 0 Å². The zero-order chi connectivity index (χ0) is 12.8. The summed E-state index contributed by atoms with van der Waals surface area (Å²) < 4.78 is 0. The van der Waals surface area contributed by atoms with Gasteiger partial charge in [-0.3, -0.25) is 4.79 Å². The first kappa shape index (κ1) is 12.4. The van der Waals surface area contributed by atoms with Gasteiger partial charge in [0, 0.05) is 24.9 Å². The van der Waals surface area contributed by atoms with Crippen LogP contribution in [0, 0.1) is 11.3 Å². The standard InChI is InChI=1S/C13H21NO3/c1-13(2,3)11-6-8-4-5-9(15)7-10(8)14(11)12(16)17/h8,10-11H,4-7H2,1-3H3,(H,16,17). The van der Waals surface area contributed by atoms with E-state index in [2.05, 4.69) is 20.8 Å². The summed E-state index contributed by atoms with van der Waals surface area (Å²) in [5.74, 6) is 0.597. The summed E-state index contributed by atoms with van der Waals surface area (Å²) in [5.41, 5.74) is -0.0568. The Bertz CT molecular complexity index is 345. The fourth-order valence-corrected chi connectivity index (χ4v) is 3.32. The number of hydrogen-bond donors (Lipinski definition) is 1. The Morgan fingerprint density at radius 2 is 2.06 bits per heavy atom. The van der Waals surface area contributed by atoms with E-state index in [9.17, 15) is 14.7 Å². The van der Waals surface area contributed by atoms with Crippen LogP contribution in [0.5, 0.6) is 0 Å². The zero-order valence-corrected chi connectivity index (χ0v) is 10.8. The number of likely N-dealkylation sites (tertiary alicyclic amines) is 1. The Morgan fingerprint density at radius 3 is 2.59 bits per heavy atom. The molecule has 3 unspecified atom stereocenters. The van der Waals surface area contributed by atoms with Gasteiger partial charge in [-0.1, -0.05) is 20.8 Å². The molecule has 0 spiro atoms. The Kier molecular flexibility index (Phi) is 2.92. The highest BCUT2D eigenvalue weighted by Gasteiger charge is 2.49. The predicted molar refractivity (Wildman–Crippen MR) is 63.9 cm³/mol. The minimum Gasteiger partial charge on any atom is -0.465 e. The van der Waals surface area contributed by atoms with Crippen molar-refractivity contribution in [3.05, 3.63) is 0 Å². The highest BCUT2D eigenvalue weighted by molar-refractivity contribution is 5.81. The molecule has 1 saturated carbocycles. The predicted octanol–water partition coefficient (Wildman–Crippen LogP) is 2.52. The SMILES string of the molecule is CC(C)(C)C1CC2CCC(=O)CC2N1C(=O)O. The van der Waals surface area contributed by atoms with Crippen LogP contribution in [-0.2, 0) is 4.79 Å². The fourth-order valence-electron chi connectivity index (χ4n) is 3.32. The average Bonchev–Trinajstić information content (AvgIpc) is 2.55. The molecule has 3 atom stereocenters. The molecule has 1 aliphatic heterocycles. The molecule has 1 aliphatic carbocycles. The Hall–Kier alpha value is -1.06. The lowest BCUT2D eigenvalue weighted by Crippen LogP contribution is -2.48. The highest BCUT2D eigenvalue weighted by Crippen LogP contribution is 2.44. The topological polar surface area (TPSA) is 57.6 Å². The minimum atomic E-state index is -0.868. The second-order valence-corrected chi connectivity index (χ2v) is 6.42. The minimum absolute atomic E-state index is 0.0425. The van der Waals surface area contributed by atoms with Gasteiger partial charge in [-0.05, 0) is 24.2 Å². The number of Topliss-reactive ketones (excluding diaryl/α,β-unsaturated/α-hetero) is 1. The van der Waals surface area contributed by atoms with Crippen LogP contribution in [0.2, 0.25) is 0 Å². The van der Waals surface area contributed by atoms with Crippen molar-refractivity contribution in [1.29, 1.82) is 0 Å². The molecule has 0 aromatic heterocycles. The Balaban J connectivity index is 2.27. The molecule has 4 nitrogen and oxygen atoms in total. The molecule has 2 aliphatic rings. The summed E-state index contributed by atoms with van der Waals surface area (Å²) in [5, 5.41) is 9.39. The van der Waals surface area contributed by atoms with Crippen molar-refractivity contribution in [1.82, 2.24) is 4.90 Å². The average molecular weight is 239 g/mol. The normalized spacial score (nSPS) is 33.7. The molecule has 1 heterocycles. The van der Waals surface area contributed by atoms with E-state index in [0.29, 0.717) is 18.8 Å². The number of nitrogens with zero attached hydrogens (tertiary/aromatic N) is 1. The fraction of sp³-hybridized carbons (Fsp3) is 0.846. The highest BCUT2D eigenvalue weighted by atomic mass is 16.4. The van der Waals surface area contributed by atoms with Crippen LogP contribution < -0.4 is 0 Å². The van der Waals surface area contributed by atoms with Crippen LogP contribution in [0.25, 0.3) is 0 Å². The summed E-state index contributed by atoms with van der Waals surface area (Å²) in [6, 6.07) is -0.0288. The van der Waals surface area contributed by atoms with Gasteiger partial charge in [-0.25, -0.2) is 4.79 Å². The summed E-state index contributed by atoms with van der Waals surface area (Å²) in [6.45, 7) is 6.23. The van der Waals surface area contributed by atoms with E-state index < -0.39 is 6.09 Å². The van der Waals surface area contributed by atoms with Gasteiger partial charge in [0.2, 0.25) is 0 Å². The number of carbonyl (C=O) groups is 2. The van der Waals surface area contributed by atoms with Gasteiger partial charge in [-0.2, -0.15) is 0 Å². The monoisotopic (exact) mass is 239 g/mol. The first-order chi connectivity index (χ1) is 7.80. The third-order valence-electron chi connectivity index (χ3n) is 4.21. The van der Waals surface area contributed by atoms with Crippen molar-refractivity contribution < 1.29 is 14.7 Å².